The maximum atomic E-state index is 13.8. The van der Waals surface area contributed by atoms with Gasteiger partial charge in [0.2, 0.25) is 5.91 Å². The second-order valence-corrected chi connectivity index (χ2v) is 10.5. The van der Waals surface area contributed by atoms with Crippen molar-refractivity contribution >= 4 is 46.2 Å². The number of ether oxygens (including phenoxy) is 1. The van der Waals surface area contributed by atoms with E-state index >= 15 is 0 Å². The predicted octanol–water partition coefficient (Wildman–Crippen LogP) is 5.17. The van der Waals surface area contributed by atoms with E-state index in [0.29, 0.717) is 47.8 Å². The molecule has 2 saturated heterocycles. The Morgan fingerprint density at radius 3 is 2.76 bits per heavy atom. The fraction of sp³-hybridized carbons (Fsp3) is 0.345. The van der Waals surface area contributed by atoms with Crippen molar-refractivity contribution in [1.29, 1.82) is 0 Å². The lowest BCUT2D eigenvalue weighted by Gasteiger charge is -2.26. The molecular weight excluding hydrogens is 549 g/mol. The van der Waals surface area contributed by atoms with Gasteiger partial charge in [0, 0.05) is 37.7 Å². The lowest BCUT2D eigenvalue weighted by atomic mass is 10.0. The van der Waals surface area contributed by atoms with E-state index in [2.05, 4.69) is 51.1 Å². The minimum absolute atomic E-state index is 0.0560. The Kier molecular flexibility index (Phi) is 8.57. The van der Waals surface area contributed by atoms with Crippen molar-refractivity contribution in [3.63, 3.8) is 0 Å². The molecule has 2 aliphatic rings. The molecule has 3 aromatic rings. The van der Waals surface area contributed by atoms with Gasteiger partial charge in [0.1, 0.15) is 23.7 Å². The minimum atomic E-state index is -0.472. The number of aromatic nitrogens is 2. The van der Waals surface area contributed by atoms with Crippen molar-refractivity contribution in [2.45, 2.75) is 24.9 Å². The Morgan fingerprint density at radius 1 is 1.22 bits per heavy atom. The van der Waals surface area contributed by atoms with Crippen molar-refractivity contribution in [3.05, 3.63) is 71.8 Å². The number of carbonyl (C=O) groups is 1. The SMILES string of the molecule is C=CC(=O)Nc1cc(Nc2cc(N3OCC[C@@H]3c3ccc(F)c(Cl)c3)ncn2)c(OC)cc1N1CC[C@@H](N(C)C)C1. The molecule has 0 unspecified atom stereocenters. The molecule has 10 nitrogen and oxygen atoms in total. The van der Waals surface area contributed by atoms with Crippen LogP contribution in [0, 0.1) is 5.82 Å². The summed E-state index contributed by atoms with van der Waals surface area (Å²) < 4.78 is 19.5. The molecule has 5 rings (SSSR count). The highest BCUT2D eigenvalue weighted by Crippen LogP contribution is 2.41. The number of hydroxylamine groups is 1. The van der Waals surface area contributed by atoms with Crippen molar-refractivity contribution in [3.8, 4) is 5.75 Å². The van der Waals surface area contributed by atoms with Crippen molar-refractivity contribution in [2.75, 3.05) is 61.5 Å². The van der Waals surface area contributed by atoms with Gasteiger partial charge in [-0.1, -0.05) is 24.2 Å². The van der Waals surface area contributed by atoms with E-state index in [1.165, 1.54) is 18.5 Å². The molecule has 41 heavy (non-hydrogen) atoms. The topological polar surface area (TPSA) is 95.1 Å². The van der Waals surface area contributed by atoms with Crippen molar-refractivity contribution < 1.29 is 18.8 Å². The number of hydrogen-bond acceptors (Lipinski definition) is 9. The number of rotatable bonds is 9. The zero-order chi connectivity index (χ0) is 29.1. The van der Waals surface area contributed by atoms with Gasteiger partial charge in [-0.05, 0) is 50.4 Å². The van der Waals surface area contributed by atoms with E-state index in [0.717, 1.165) is 30.8 Å². The predicted molar refractivity (Wildman–Crippen MR) is 159 cm³/mol. The van der Waals surface area contributed by atoms with Gasteiger partial charge in [-0.15, -0.1) is 0 Å². The molecule has 216 valence electrons. The second kappa shape index (κ2) is 12.3. The normalized spacial score (nSPS) is 18.6. The van der Waals surface area contributed by atoms with Gasteiger partial charge >= 0.3 is 0 Å². The number of halogens is 2. The minimum Gasteiger partial charge on any atom is -0.494 e. The van der Waals surface area contributed by atoms with Crippen LogP contribution in [0.15, 0.2) is 55.4 Å². The smallest absolute Gasteiger partial charge is 0.247 e. The van der Waals surface area contributed by atoms with Gasteiger partial charge in [0.15, 0.2) is 5.82 Å². The first-order valence-electron chi connectivity index (χ1n) is 13.3. The van der Waals surface area contributed by atoms with Gasteiger partial charge in [-0.3, -0.25) is 9.63 Å². The number of amides is 1. The van der Waals surface area contributed by atoms with Crippen LogP contribution in [-0.2, 0) is 9.63 Å². The summed E-state index contributed by atoms with van der Waals surface area (Å²) in [4.78, 5) is 31.5. The first kappa shape index (κ1) is 28.6. The Balaban J connectivity index is 1.44. The monoisotopic (exact) mass is 581 g/mol. The molecule has 2 aromatic carbocycles. The number of carbonyl (C=O) groups excluding carboxylic acids is 1. The summed E-state index contributed by atoms with van der Waals surface area (Å²) in [5.74, 6) is 0.810. The number of methoxy groups -OCH3 is 1. The number of anilines is 5. The third kappa shape index (κ3) is 6.22. The highest BCUT2D eigenvalue weighted by molar-refractivity contribution is 6.30. The van der Waals surface area contributed by atoms with Gasteiger partial charge < -0.3 is 25.2 Å². The molecule has 1 amide bonds. The molecule has 0 radical (unpaired) electrons. The molecule has 12 heteroatoms. The zero-order valence-corrected chi connectivity index (χ0v) is 24.0. The van der Waals surface area contributed by atoms with E-state index in [9.17, 15) is 9.18 Å². The summed E-state index contributed by atoms with van der Waals surface area (Å²) in [7, 11) is 5.74. The number of benzene rings is 2. The quantitative estimate of drug-likeness (QED) is 0.332. The maximum Gasteiger partial charge on any atom is 0.247 e. The molecule has 2 N–H and O–H groups in total. The Labute approximate surface area is 243 Å². The highest BCUT2D eigenvalue weighted by atomic mass is 35.5. The molecule has 2 atom stereocenters. The molecule has 0 aliphatic carbocycles. The molecule has 0 bridgehead atoms. The largest absolute Gasteiger partial charge is 0.494 e. The first-order valence-corrected chi connectivity index (χ1v) is 13.7. The summed E-state index contributed by atoms with van der Waals surface area (Å²) in [5.41, 5.74) is 2.91. The Hall–Kier alpha value is -3.93. The molecule has 0 saturated carbocycles. The fourth-order valence-corrected chi connectivity index (χ4v) is 5.34. The number of nitrogens with one attached hydrogen (secondary N) is 2. The van der Waals surface area contributed by atoms with Gasteiger partial charge in [0.05, 0.1) is 41.8 Å². The molecule has 1 aromatic heterocycles. The Morgan fingerprint density at radius 2 is 2.05 bits per heavy atom. The Bertz CT molecular complexity index is 1440. The summed E-state index contributed by atoms with van der Waals surface area (Å²) in [5, 5.41) is 7.98. The van der Waals surface area contributed by atoms with Crippen LogP contribution in [0.2, 0.25) is 5.02 Å². The van der Waals surface area contributed by atoms with Crippen LogP contribution in [0.25, 0.3) is 0 Å². The fourth-order valence-electron chi connectivity index (χ4n) is 5.15. The summed E-state index contributed by atoms with van der Waals surface area (Å²) in [6.45, 7) is 5.74. The van der Waals surface area contributed by atoms with Crippen LogP contribution in [0.3, 0.4) is 0 Å². The maximum absolute atomic E-state index is 13.8. The molecule has 3 heterocycles. The molecule has 2 fully saturated rings. The molecular formula is C29H33ClFN7O3. The van der Waals surface area contributed by atoms with E-state index in [1.807, 2.05) is 12.1 Å². The molecule has 0 spiro atoms. The van der Waals surface area contributed by atoms with Crippen LogP contribution in [-0.4, -0.2) is 67.7 Å². The van der Waals surface area contributed by atoms with E-state index in [1.54, 1.807) is 30.4 Å². The van der Waals surface area contributed by atoms with Crippen LogP contribution >= 0.6 is 11.6 Å². The van der Waals surface area contributed by atoms with Gasteiger partial charge in [-0.2, -0.15) is 0 Å². The van der Waals surface area contributed by atoms with Crippen LogP contribution in [0.5, 0.6) is 5.75 Å². The van der Waals surface area contributed by atoms with Crippen LogP contribution < -0.4 is 25.3 Å². The van der Waals surface area contributed by atoms with Crippen molar-refractivity contribution in [2.24, 2.45) is 0 Å². The zero-order valence-electron chi connectivity index (χ0n) is 23.2. The summed E-state index contributed by atoms with van der Waals surface area (Å²) in [6.07, 6.45) is 4.37. The standard InChI is InChI=1S/C29H33ClFN7O3/c1-5-29(39)35-22-13-23(26(40-4)14-25(22)37-10-8-19(16-37)36(2)3)34-27-15-28(33-17-32-27)38-24(9-11-41-38)18-6-7-21(31)20(30)12-18/h5-7,12-15,17,19,24H,1,8-11,16H2,2-4H3,(H,35,39)(H,32,33,34)/t19-,24-/m1/s1. The van der Waals surface area contributed by atoms with E-state index in [-0.39, 0.29) is 17.0 Å². The van der Waals surface area contributed by atoms with Gasteiger partial charge in [-0.25, -0.2) is 19.4 Å². The lowest BCUT2D eigenvalue weighted by molar-refractivity contribution is -0.111. The van der Waals surface area contributed by atoms with Crippen molar-refractivity contribution in [1.82, 2.24) is 14.9 Å². The number of hydrogen-bond donors (Lipinski definition) is 2. The number of likely N-dealkylation sites (N-methyl/N-ethyl adjacent to an activating group) is 1. The third-order valence-corrected chi connectivity index (χ3v) is 7.66. The summed E-state index contributed by atoms with van der Waals surface area (Å²) >= 11 is 6.04. The van der Waals surface area contributed by atoms with E-state index in [4.69, 9.17) is 21.2 Å². The highest BCUT2D eigenvalue weighted by Gasteiger charge is 2.30. The average Bonchev–Trinajstić information content (AvgIpc) is 3.66. The van der Waals surface area contributed by atoms with E-state index < -0.39 is 5.82 Å². The van der Waals surface area contributed by atoms with Crippen LogP contribution in [0.1, 0.15) is 24.4 Å². The molecule has 2 aliphatic heterocycles. The second-order valence-electron chi connectivity index (χ2n) is 10.1. The van der Waals surface area contributed by atoms with Crippen LogP contribution in [0.4, 0.5) is 33.1 Å². The summed E-state index contributed by atoms with van der Waals surface area (Å²) in [6, 6.07) is 10.4. The lowest BCUT2D eigenvalue weighted by Crippen LogP contribution is -2.31. The first-order chi connectivity index (χ1) is 19.8. The number of nitrogens with zero attached hydrogens (tertiary/aromatic N) is 5. The average molecular weight is 582 g/mol. The van der Waals surface area contributed by atoms with Gasteiger partial charge in [0.25, 0.3) is 0 Å². The third-order valence-electron chi connectivity index (χ3n) is 7.37.